The van der Waals surface area contributed by atoms with Crippen LogP contribution in [0.4, 0.5) is 5.82 Å². The molecule has 0 aromatic carbocycles. The number of carboxylic acid groups (broad SMARTS) is 1. The van der Waals surface area contributed by atoms with Crippen molar-refractivity contribution in [2.75, 3.05) is 11.9 Å². The first-order valence-electron chi connectivity index (χ1n) is 6.25. The lowest BCUT2D eigenvalue weighted by atomic mass is 10.1. The number of fused-ring (bicyclic) bond motifs is 1. The molecule has 2 aromatic rings. The Balaban J connectivity index is 1.93. The zero-order valence-electron chi connectivity index (χ0n) is 11.0. The van der Waals surface area contributed by atoms with Crippen LogP contribution < -0.4 is 5.32 Å². The van der Waals surface area contributed by atoms with Crippen molar-refractivity contribution in [3.63, 3.8) is 0 Å². The fraction of sp³-hybridized carbons (Fsp3) is 0.462. The number of carboxylic acids is 1. The van der Waals surface area contributed by atoms with Gasteiger partial charge >= 0.3 is 5.97 Å². The predicted molar refractivity (Wildman–Crippen MR) is 76.7 cm³/mol. The number of nitrogens with one attached hydrogen (secondary N) is 1. The summed E-state index contributed by atoms with van der Waals surface area (Å²) in [5.41, 5.74) is 2.14. The van der Waals surface area contributed by atoms with E-state index in [-0.39, 0.29) is 5.92 Å². The minimum atomic E-state index is -0.738. The lowest BCUT2D eigenvalue weighted by Gasteiger charge is -2.08. The van der Waals surface area contributed by atoms with Gasteiger partial charge in [0.25, 0.3) is 0 Å². The summed E-state index contributed by atoms with van der Waals surface area (Å²) in [6.07, 6.45) is 3.04. The summed E-state index contributed by atoms with van der Waals surface area (Å²) in [5.74, 6) is -0.194. The van der Waals surface area contributed by atoms with Crippen LogP contribution in [0.1, 0.15) is 25.3 Å². The number of aryl methyl sites for hydroxylation is 1. The van der Waals surface area contributed by atoms with E-state index < -0.39 is 5.97 Å². The van der Waals surface area contributed by atoms with Gasteiger partial charge in [0, 0.05) is 6.54 Å². The molecule has 0 aliphatic rings. The average Bonchev–Trinajstić information content (AvgIpc) is 2.77. The molecule has 0 aliphatic carbocycles. The predicted octanol–water partition coefficient (Wildman–Crippen LogP) is 2.91. The Hall–Kier alpha value is -1.69. The monoisotopic (exact) mass is 279 g/mol. The number of aliphatic carboxylic acids is 1. The summed E-state index contributed by atoms with van der Waals surface area (Å²) in [6.45, 7) is 4.48. The molecule has 6 heteroatoms. The maximum absolute atomic E-state index is 10.7. The molecule has 19 heavy (non-hydrogen) atoms. The van der Waals surface area contributed by atoms with Crippen molar-refractivity contribution in [1.82, 2.24) is 9.97 Å². The van der Waals surface area contributed by atoms with Crippen LogP contribution in [0.15, 0.2) is 11.7 Å². The van der Waals surface area contributed by atoms with Crippen LogP contribution in [0.2, 0.25) is 0 Å². The number of anilines is 1. The van der Waals surface area contributed by atoms with E-state index >= 15 is 0 Å². The van der Waals surface area contributed by atoms with Crippen LogP contribution in [-0.2, 0) is 4.79 Å². The van der Waals surface area contributed by atoms with Gasteiger partial charge < -0.3 is 10.4 Å². The molecule has 2 aromatic heterocycles. The standard InChI is InChI=1S/C13H17N3O2S/c1-8(13(17)18)4-3-5-14-12-11-10(15-7-16-12)9(2)6-19-11/h6-8H,3-5H2,1-2H3,(H,17,18)(H,14,15,16). The van der Waals surface area contributed by atoms with Crippen molar-refractivity contribution >= 4 is 33.3 Å². The summed E-state index contributed by atoms with van der Waals surface area (Å²) in [6, 6.07) is 0. The fourth-order valence-corrected chi connectivity index (χ4v) is 2.80. The van der Waals surface area contributed by atoms with Gasteiger partial charge in [-0.05, 0) is 30.7 Å². The quantitative estimate of drug-likeness (QED) is 0.795. The highest BCUT2D eigenvalue weighted by Gasteiger charge is 2.11. The first-order chi connectivity index (χ1) is 9.09. The lowest BCUT2D eigenvalue weighted by molar-refractivity contribution is -0.141. The van der Waals surface area contributed by atoms with Crippen molar-refractivity contribution in [3.8, 4) is 0 Å². The van der Waals surface area contributed by atoms with Crippen LogP contribution in [0, 0.1) is 12.8 Å². The summed E-state index contributed by atoms with van der Waals surface area (Å²) < 4.78 is 1.06. The largest absolute Gasteiger partial charge is 0.481 e. The van der Waals surface area contributed by atoms with E-state index in [0.29, 0.717) is 6.42 Å². The molecule has 0 bridgehead atoms. The number of hydrogen-bond acceptors (Lipinski definition) is 5. The van der Waals surface area contributed by atoms with Gasteiger partial charge in [0.1, 0.15) is 12.1 Å². The SMILES string of the molecule is Cc1csc2c(NCCCC(C)C(=O)O)ncnc12. The molecule has 0 aliphatic heterocycles. The number of nitrogens with zero attached hydrogens (tertiary/aromatic N) is 2. The first-order valence-corrected chi connectivity index (χ1v) is 7.13. The number of rotatable bonds is 6. The molecule has 0 saturated heterocycles. The third-order valence-corrected chi connectivity index (χ3v) is 4.15. The summed E-state index contributed by atoms with van der Waals surface area (Å²) in [7, 11) is 0. The van der Waals surface area contributed by atoms with Gasteiger partial charge in [-0.3, -0.25) is 4.79 Å². The van der Waals surface area contributed by atoms with Crippen LogP contribution in [0.25, 0.3) is 10.2 Å². The smallest absolute Gasteiger partial charge is 0.306 e. The summed E-state index contributed by atoms with van der Waals surface area (Å²) in [4.78, 5) is 19.2. The molecule has 1 unspecified atom stereocenters. The van der Waals surface area contributed by atoms with Gasteiger partial charge in [-0.2, -0.15) is 0 Å². The lowest BCUT2D eigenvalue weighted by Crippen LogP contribution is -2.12. The van der Waals surface area contributed by atoms with Crippen molar-refractivity contribution in [2.45, 2.75) is 26.7 Å². The zero-order valence-corrected chi connectivity index (χ0v) is 11.8. The fourth-order valence-electron chi connectivity index (χ4n) is 1.83. The second-order valence-corrected chi connectivity index (χ2v) is 5.51. The van der Waals surface area contributed by atoms with E-state index in [1.807, 2.05) is 6.92 Å². The summed E-state index contributed by atoms with van der Waals surface area (Å²) in [5, 5.41) is 14.1. The highest BCUT2D eigenvalue weighted by molar-refractivity contribution is 7.18. The van der Waals surface area contributed by atoms with Crippen LogP contribution in [0.3, 0.4) is 0 Å². The zero-order chi connectivity index (χ0) is 13.8. The van der Waals surface area contributed by atoms with Crippen molar-refractivity contribution < 1.29 is 9.90 Å². The third kappa shape index (κ3) is 3.20. The normalized spacial score (nSPS) is 12.5. The molecular weight excluding hydrogens is 262 g/mol. The highest BCUT2D eigenvalue weighted by atomic mass is 32.1. The molecule has 0 fully saturated rings. The van der Waals surface area contributed by atoms with E-state index in [4.69, 9.17) is 5.11 Å². The molecule has 0 spiro atoms. The molecule has 0 radical (unpaired) electrons. The van der Waals surface area contributed by atoms with Gasteiger partial charge in [0.15, 0.2) is 0 Å². The maximum atomic E-state index is 10.7. The molecule has 5 nitrogen and oxygen atoms in total. The Morgan fingerprint density at radius 3 is 3.05 bits per heavy atom. The molecule has 0 saturated carbocycles. The van der Waals surface area contributed by atoms with Gasteiger partial charge in [-0.15, -0.1) is 11.3 Å². The van der Waals surface area contributed by atoms with E-state index in [2.05, 4.69) is 20.7 Å². The Morgan fingerprint density at radius 1 is 1.53 bits per heavy atom. The van der Waals surface area contributed by atoms with E-state index in [1.165, 1.54) is 0 Å². The van der Waals surface area contributed by atoms with E-state index in [9.17, 15) is 4.79 Å². The van der Waals surface area contributed by atoms with Crippen molar-refractivity contribution in [3.05, 3.63) is 17.3 Å². The van der Waals surface area contributed by atoms with Gasteiger partial charge in [0.05, 0.1) is 16.1 Å². The summed E-state index contributed by atoms with van der Waals surface area (Å²) >= 11 is 1.63. The minimum Gasteiger partial charge on any atom is -0.481 e. The average molecular weight is 279 g/mol. The molecule has 0 amide bonds. The molecule has 2 N–H and O–H groups in total. The van der Waals surface area contributed by atoms with Crippen molar-refractivity contribution in [1.29, 1.82) is 0 Å². The third-order valence-electron chi connectivity index (χ3n) is 3.06. The number of thiophene rings is 1. The second-order valence-electron chi connectivity index (χ2n) is 4.63. The highest BCUT2D eigenvalue weighted by Crippen LogP contribution is 2.28. The minimum absolute atomic E-state index is 0.295. The van der Waals surface area contributed by atoms with Crippen LogP contribution in [0.5, 0.6) is 0 Å². The van der Waals surface area contributed by atoms with Gasteiger partial charge in [0.2, 0.25) is 0 Å². The van der Waals surface area contributed by atoms with Crippen LogP contribution in [-0.4, -0.2) is 27.6 Å². The number of hydrogen-bond donors (Lipinski definition) is 2. The maximum Gasteiger partial charge on any atom is 0.306 e. The topological polar surface area (TPSA) is 75.1 Å². The van der Waals surface area contributed by atoms with E-state index in [0.717, 1.165) is 34.6 Å². The number of aromatic nitrogens is 2. The first kappa shape index (κ1) is 13.7. The van der Waals surface area contributed by atoms with Gasteiger partial charge in [-0.1, -0.05) is 6.92 Å². The molecule has 1 atom stereocenters. The number of carbonyl (C=O) groups is 1. The van der Waals surface area contributed by atoms with Gasteiger partial charge in [-0.25, -0.2) is 9.97 Å². The Morgan fingerprint density at radius 2 is 2.32 bits per heavy atom. The molecular formula is C13H17N3O2S. The van der Waals surface area contributed by atoms with Crippen molar-refractivity contribution in [2.24, 2.45) is 5.92 Å². The molecule has 102 valence electrons. The molecule has 2 heterocycles. The Kier molecular flexibility index (Phi) is 4.31. The second kappa shape index (κ2) is 5.97. The van der Waals surface area contributed by atoms with E-state index in [1.54, 1.807) is 24.6 Å². The Labute approximate surface area is 115 Å². The van der Waals surface area contributed by atoms with Crippen LogP contribution >= 0.6 is 11.3 Å². The Bertz CT molecular complexity index is 582. The molecule has 2 rings (SSSR count).